The van der Waals surface area contributed by atoms with Crippen LogP contribution in [0.1, 0.15) is 23.7 Å². The maximum absolute atomic E-state index is 12.8. The van der Waals surface area contributed by atoms with Crippen molar-refractivity contribution in [1.82, 2.24) is 0 Å². The first-order chi connectivity index (χ1) is 14.4. The summed E-state index contributed by atoms with van der Waals surface area (Å²) in [4.78, 5) is 24.9. The summed E-state index contributed by atoms with van der Waals surface area (Å²) in [5, 5.41) is 29.7. The summed E-state index contributed by atoms with van der Waals surface area (Å²) in [5.74, 6) is -1.51. The van der Waals surface area contributed by atoms with Crippen LogP contribution in [-0.2, 0) is 4.79 Å². The Labute approximate surface area is 168 Å². The van der Waals surface area contributed by atoms with Gasteiger partial charge < -0.3 is 28.9 Å². The van der Waals surface area contributed by atoms with Crippen LogP contribution in [0.3, 0.4) is 0 Å². The van der Waals surface area contributed by atoms with E-state index in [1.165, 1.54) is 36.6 Å². The van der Waals surface area contributed by atoms with E-state index >= 15 is 0 Å². The number of ether oxygens (including phenoxy) is 1. The molecule has 0 fully saturated rings. The van der Waals surface area contributed by atoms with Gasteiger partial charge in [0.15, 0.2) is 16.9 Å². The van der Waals surface area contributed by atoms with Crippen LogP contribution in [0.5, 0.6) is 23.0 Å². The predicted octanol–water partition coefficient (Wildman–Crippen LogP) is 3.61. The molecule has 0 saturated carbocycles. The summed E-state index contributed by atoms with van der Waals surface area (Å²) < 4.78 is 16.8. The first-order valence-electron chi connectivity index (χ1n) is 9.02. The van der Waals surface area contributed by atoms with Gasteiger partial charge in [-0.3, -0.25) is 9.59 Å². The normalized spacial score (nSPS) is 15.7. The van der Waals surface area contributed by atoms with Crippen LogP contribution < -0.4 is 10.2 Å². The number of fused-ring (bicyclic) bond motifs is 3. The SMILES string of the molecule is O=C1C[C@@H](c2ccco2)c2c(cc(O)c3c(=O)cc(-c4ccc(O)c(O)c4)oc23)O1. The van der Waals surface area contributed by atoms with Crippen molar-refractivity contribution in [2.75, 3.05) is 0 Å². The Morgan fingerprint density at radius 2 is 1.77 bits per heavy atom. The van der Waals surface area contributed by atoms with Crippen LogP contribution in [0.4, 0.5) is 0 Å². The van der Waals surface area contributed by atoms with E-state index < -0.39 is 17.3 Å². The molecule has 0 unspecified atom stereocenters. The van der Waals surface area contributed by atoms with Crippen molar-refractivity contribution in [2.24, 2.45) is 0 Å². The summed E-state index contributed by atoms with van der Waals surface area (Å²) >= 11 is 0. The number of benzene rings is 2. The molecule has 4 aromatic rings. The molecule has 2 aromatic heterocycles. The second-order valence-electron chi connectivity index (χ2n) is 6.94. The van der Waals surface area contributed by atoms with Crippen molar-refractivity contribution in [3.05, 3.63) is 70.3 Å². The predicted molar refractivity (Wildman–Crippen MR) is 104 cm³/mol. The molecular formula is C22H14O8. The highest BCUT2D eigenvalue weighted by atomic mass is 16.5. The molecule has 30 heavy (non-hydrogen) atoms. The van der Waals surface area contributed by atoms with Crippen molar-refractivity contribution in [3.8, 4) is 34.3 Å². The Balaban J connectivity index is 1.83. The molecule has 3 N–H and O–H groups in total. The van der Waals surface area contributed by atoms with Gasteiger partial charge in [-0.25, -0.2) is 0 Å². The summed E-state index contributed by atoms with van der Waals surface area (Å²) in [6, 6.07) is 9.76. The summed E-state index contributed by atoms with van der Waals surface area (Å²) in [6.45, 7) is 0. The van der Waals surface area contributed by atoms with Crippen molar-refractivity contribution in [2.45, 2.75) is 12.3 Å². The molecule has 2 aromatic carbocycles. The zero-order valence-electron chi connectivity index (χ0n) is 15.3. The third-order valence-electron chi connectivity index (χ3n) is 5.07. The molecule has 0 radical (unpaired) electrons. The standard InChI is InChI=1S/C22H14O8/c23-12-4-3-10(6-13(12)24)17-8-14(25)21-15(26)9-18-20(22(21)30-17)11(7-19(27)29-18)16-2-1-5-28-16/h1-6,8-9,11,23-24,26H,7H2/t11-/m0/s1. The number of hydrogen-bond donors (Lipinski definition) is 3. The lowest BCUT2D eigenvalue weighted by atomic mass is 9.88. The highest BCUT2D eigenvalue weighted by molar-refractivity contribution is 5.93. The minimum atomic E-state index is -0.578. The van der Waals surface area contributed by atoms with Gasteiger partial charge >= 0.3 is 5.97 Å². The molecule has 3 heterocycles. The highest BCUT2D eigenvalue weighted by Gasteiger charge is 2.35. The Bertz CT molecular complexity index is 1360. The fraction of sp³-hybridized carbons (Fsp3) is 0.0909. The molecule has 8 heteroatoms. The topological polar surface area (TPSA) is 130 Å². The lowest BCUT2D eigenvalue weighted by Crippen LogP contribution is -2.21. The van der Waals surface area contributed by atoms with Gasteiger partial charge in [0.25, 0.3) is 0 Å². The number of aromatic hydroxyl groups is 3. The van der Waals surface area contributed by atoms with E-state index in [1.54, 1.807) is 12.1 Å². The van der Waals surface area contributed by atoms with Gasteiger partial charge in [-0.2, -0.15) is 0 Å². The number of rotatable bonds is 2. The van der Waals surface area contributed by atoms with Gasteiger partial charge in [-0.05, 0) is 30.3 Å². The largest absolute Gasteiger partial charge is 0.507 e. The molecule has 0 amide bonds. The van der Waals surface area contributed by atoms with Gasteiger partial charge in [0.2, 0.25) is 0 Å². The van der Waals surface area contributed by atoms with E-state index in [9.17, 15) is 24.9 Å². The molecule has 0 aliphatic carbocycles. The Morgan fingerprint density at radius 3 is 2.50 bits per heavy atom. The van der Waals surface area contributed by atoms with Gasteiger partial charge in [-0.1, -0.05) is 0 Å². The number of phenolic OH excluding ortho intramolecular Hbond substituents is 3. The third-order valence-corrected chi connectivity index (χ3v) is 5.07. The minimum absolute atomic E-state index is 0.0334. The number of hydrogen-bond acceptors (Lipinski definition) is 8. The number of carbonyl (C=O) groups is 1. The lowest BCUT2D eigenvalue weighted by molar-refractivity contribution is -0.135. The van der Waals surface area contributed by atoms with Crippen LogP contribution >= 0.6 is 0 Å². The summed E-state index contributed by atoms with van der Waals surface area (Å²) in [6.07, 6.45) is 1.44. The Kier molecular flexibility index (Phi) is 3.82. The molecule has 0 bridgehead atoms. The molecule has 1 aliphatic rings. The third kappa shape index (κ3) is 2.69. The number of carbonyl (C=O) groups excluding carboxylic acids is 1. The van der Waals surface area contributed by atoms with Crippen LogP contribution in [0.25, 0.3) is 22.3 Å². The maximum atomic E-state index is 12.8. The summed E-state index contributed by atoms with van der Waals surface area (Å²) in [5.41, 5.74) is 0.270. The second-order valence-corrected chi connectivity index (χ2v) is 6.94. The van der Waals surface area contributed by atoms with Crippen molar-refractivity contribution in [3.63, 3.8) is 0 Å². The Morgan fingerprint density at radius 1 is 0.933 bits per heavy atom. The number of esters is 1. The lowest BCUT2D eigenvalue weighted by Gasteiger charge is -2.24. The average Bonchev–Trinajstić information content (AvgIpc) is 3.23. The smallest absolute Gasteiger partial charge is 0.312 e. The van der Waals surface area contributed by atoms with Crippen molar-refractivity contribution >= 4 is 16.9 Å². The fourth-order valence-corrected chi connectivity index (χ4v) is 3.71. The average molecular weight is 406 g/mol. The zero-order chi connectivity index (χ0) is 21.0. The molecular weight excluding hydrogens is 392 g/mol. The van der Waals surface area contributed by atoms with Crippen molar-refractivity contribution < 1.29 is 33.7 Å². The quantitative estimate of drug-likeness (QED) is 0.261. The molecule has 150 valence electrons. The highest BCUT2D eigenvalue weighted by Crippen LogP contribution is 2.46. The molecule has 1 atom stereocenters. The molecule has 0 saturated heterocycles. The Hall–Kier alpha value is -4.20. The first kappa shape index (κ1) is 17.9. The number of furan rings is 1. The van der Waals surface area contributed by atoms with Crippen molar-refractivity contribution in [1.29, 1.82) is 0 Å². The minimum Gasteiger partial charge on any atom is -0.507 e. The molecule has 1 aliphatic heterocycles. The van der Waals surface area contributed by atoms with Gasteiger partial charge in [0.05, 0.1) is 18.6 Å². The van der Waals surface area contributed by atoms with E-state index in [0.717, 1.165) is 0 Å². The fourth-order valence-electron chi connectivity index (χ4n) is 3.71. The van der Waals surface area contributed by atoms with E-state index in [1.807, 2.05) is 0 Å². The van der Waals surface area contributed by atoms with E-state index in [0.29, 0.717) is 16.9 Å². The number of phenols is 3. The molecule has 8 nitrogen and oxygen atoms in total. The zero-order valence-corrected chi connectivity index (χ0v) is 15.3. The molecule has 5 rings (SSSR count). The first-order valence-corrected chi connectivity index (χ1v) is 9.02. The van der Waals surface area contributed by atoms with Crippen LogP contribution in [-0.4, -0.2) is 21.3 Å². The van der Waals surface area contributed by atoms with Gasteiger partial charge in [0, 0.05) is 23.3 Å². The van der Waals surface area contributed by atoms with E-state index in [-0.39, 0.29) is 46.1 Å². The van der Waals surface area contributed by atoms with Crippen LogP contribution in [0.15, 0.2) is 62.4 Å². The summed E-state index contributed by atoms with van der Waals surface area (Å²) in [7, 11) is 0. The van der Waals surface area contributed by atoms with Crippen LogP contribution in [0, 0.1) is 0 Å². The molecule has 0 spiro atoms. The van der Waals surface area contributed by atoms with E-state index in [4.69, 9.17) is 13.6 Å². The van der Waals surface area contributed by atoms with Gasteiger partial charge in [0.1, 0.15) is 34.0 Å². The van der Waals surface area contributed by atoms with Crippen LogP contribution in [0.2, 0.25) is 0 Å². The van der Waals surface area contributed by atoms with Gasteiger partial charge in [-0.15, -0.1) is 0 Å². The second kappa shape index (κ2) is 6.41. The maximum Gasteiger partial charge on any atom is 0.312 e. The van der Waals surface area contributed by atoms with E-state index in [2.05, 4.69) is 0 Å². The monoisotopic (exact) mass is 406 g/mol.